The molecule has 0 saturated carbocycles. The highest BCUT2D eigenvalue weighted by molar-refractivity contribution is 6.05. The van der Waals surface area contributed by atoms with E-state index < -0.39 is 35.7 Å². The number of rotatable bonds is 7. The molecule has 3 rings (SSSR count). The van der Waals surface area contributed by atoms with Crippen LogP contribution >= 0.6 is 0 Å². The van der Waals surface area contributed by atoms with Gasteiger partial charge in [-0.2, -0.15) is 27.1 Å². The fourth-order valence-electron chi connectivity index (χ4n) is 2.64. The lowest BCUT2D eigenvalue weighted by Gasteiger charge is -2.14. The number of hydrogen-bond donors (Lipinski definition) is 1. The average Bonchev–Trinajstić information content (AvgIpc) is 3.20. The molecule has 0 fully saturated rings. The zero-order chi connectivity index (χ0) is 23.5. The molecule has 0 radical (unpaired) electrons. The molecule has 14 heteroatoms. The van der Waals surface area contributed by atoms with Crippen molar-refractivity contribution in [3.8, 4) is 23.2 Å². The summed E-state index contributed by atoms with van der Waals surface area (Å²) in [6.45, 7) is -3.18. The summed E-state index contributed by atoms with van der Waals surface area (Å²) in [4.78, 5) is 12.6. The van der Waals surface area contributed by atoms with E-state index in [0.717, 1.165) is 6.07 Å². The first-order chi connectivity index (χ1) is 15.1. The number of alkyl halides is 5. The van der Waals surface area contributed by atoms with Crippen molar-refractivity contribution in [2.75, 3.05) is 19.5 Å². The predicted molar refractivity (Wildman–Crippen MR) is 98.3 cm³/mol. The van der Waals surface area contributed by atoms with E-state index in [9.17, 15) is 26.7 Å². The minimum Gasteiger partial charge on any atom is -0.493 e. The van der Waals surface area contributed by atoms with E-state index in [0.29, 0.717) is 10.9 Å². The lowest BCUT2D eigenvalue weighted by molar-refractivity contribution is -0.143. The molecular weight excluding hydrogens is 445 g/mol. The van der Waals surface area contributed by atoms with Gasteiger partial charge < -0.3 is 19.5 Å². The van der Waals surface area contributed by atoms with Gasteiger partial charge in [0.1, 0.15) is 0 Å². The molecule has 170 valence electrons. The van der Waals surface area contributed by atoms with Crippen molar-refractivity contribution in [1.29, 1.82) is 0 Å². The highest BCUT2D eigenvalue weighted by Crippen LogP contribution is 2.35. The Morgan fingerprint density at radius 3 is 2.38 bits per heavy atom. The molecule has 9 nitrogen and oxygen atoms in total. The van der Waals surface area contributed by atoms with Crippen LogP contribution in [0.15, 0.2) is 36.5 Å². The second-order valence-corrected chi connectivity index (χ2v) is 5.95. The van der Waals surface area contributed by atoms with E-state index in [1.165, 1.54) is 38.5 Å². The number of amides is 1. The normalized spacial score (nSPS) is 11.4. The summed E-state index contributed by atoms with van der Waals surface area (Å²) in [7, 11) is 2.51. The number of halogens is 5. The maximum absolute atomic E-state index is 13.7. The molecule has 0 aliphatic rings. The van der Waals surface area contributed by atoms with E-state index in [2.05, 4.69) is 25.3 Å². The molecule has 1 aromatic carbocycles. The van der Waals surface area contributed by atoms with Gasteiger partial charge in [-0.25, -0.2) is 4.68 Å². The smallest absolute Gasteiger partial charge is 0.434 e. The summed E-state index contributed by atoms with van der Waals surface area (Å²) in [5.74, 6) is -1.92. The quantitative estimate of drug-likeness (QED) is 0.540. The van der Waals surface area contributed by atoms with Gasteiger partial charge in [-0.15, -0.1) is 10.2 Å². The number of carbonyl (C=O) groups excluding carboxylic acids is 1. The standard InChI is InChI=1S/C18H14F5N5O4/c1-30-11-4-3-9(7-12(11)32-17(19)20)25-16(29)10-8-24-28(15(10)18(21,22)23)13-5-6-14(31-2)27-26-13/h3-8,17H,1-2H3,(H,25,29). The molecule has 0 aliphatic carbocycles. The Bertz CT molecular complexity index is 1100. The molecular formula is C18H14F5N5O4. The highest BCUT2D eigenvalue weighted by atomic mass is 19.4. The SMILES string of the molecule is COc1ccc(-n2ncc(C(=O)Nc3ccc(OC)c(OC(F)F)c3)c2C(F)(F)F)nn1. The molecule has 0 bridgehead atoms. The molecule has 1 N–H and O–H groups in total. The van der Waals surface area contributed by atoms with Crippen LogP contribution in [0.1, 0.15) is 16.1 Å². The summed E-state index contributed by atoms with van der Waals surface area (Å²) in [6, 6.07) is 5.87. The highest BCUT2D eigenvalue weighted by Gasteiger charge is 2.41. The van der Waals surface area contributed by atoms with Gasteiger partial charge in [-0.1, -0.05) is 0 Å². The van der Waals surface area contributed by atoms with E-state index in [1.54, 1.807) is 0 Å². The maximum atomic E-state index is 13.7. The third kappa shape index (κ3) is 4.84. The monoisotopic (exact) mass is 459 g/mol. The number of methoxy groups -OCH3 is 2. The minimum atomic E-state index is -4.99. The Morgan fingerprint density at radius 2 is 1.81 bits per heavy atom. The number of ether oxygens (including phenoxy) is 3. The summed E-state index contributed by atoms with van der Waals surface area (Å²) < 4.78 is 80.7. The van der Waals surface area contributed by atoms with Crippen LogP contribution in [0.2, 0.25) is 0 Å². The molecule has 3 aromatic rings. The number of nitrogens with one attached hydrogen (secondary N) is 1. The van der Waals surface area contributed by atoms with Crippen LogP contribution in [0.4, 0.5) is 27.6 Å². The third-order valence-corrected chi connectivity index (χ3v) is 3.97. The topological polar surface area (TPSA) is 100 Å². The number of benzene rings is 1. The number of anilines is 1. The van der Waals surface area contributed by atoms with Crippen LogP contribution in [-0.2, 0) is 6.18 Å². The van der Waals surface area contributed by atoms with Gasteiger partial charge in [0.15, 0.2) is 23.0 Å². The Hall–Kier alpha value is -3.97. The Kier molecular flexibility index (Phi) is 6.41. The first-order valence-electron chi connectivity index (χ1n) is 8.61. The van der Waals surface area contributed by atoms with Gasteiger partial charge in [-0.3, -0.25) is 4.79 Å². The van der Waals surface area contributed by atoms with Crippen molar-refractivity contribution in [3.05, 3.63) is 47.8 Å². The van der Waals surface area contributed by atoms with Crippen LogP contribution in [-0.4, -0.2) is 46.7 Å². The van der Waals surface area contributed by atoms with Crippen molar-refractivity contribution in [3.63, 3.8) is 0 Å². The predicted octanol–water partition coefficient (Wildman–Crippen LogP) is 3.55. The van der Waals surface area contributed by atoms with Crippen molar-refractivity contribution >= 4 is 11.6 Å². The van der Waals surface area contributed by atoms with E-state index in [1.807, 2.05) is 0 Å². The van der Waals surface area contributed by atoms with E-state index in [-0.39, 0.29) is 23.1 Å². The molecule has 0 atom stereocenters. The number of aromatic nitrogens is 4. The minimum absolute atomic E-state index is 0.0637. The fourth-order valence-corrected chi connectivity index (χ4v) is 2.64. The van der Waals surface area contributed by atoms with Crippen LogP contribution in [0.3, 0.4) is 0 Å². The second kappa shape index (κ2) is 9.03. The van der Waals surface area contributed by atoms with Crippen LogP contribution in [0.5, 0.6) is 17.4 Å². The molecule has 1 amide bonds. The van der Waals surface area contributed by atoms with Crippen molar-refractivity contribution in [1.82, 2.24) is 20.0 Å². The first kappa shape index (κ1) is 22.7. The van der Waals surface area contributed by atoms with Gasteiger partial charge in [-0.05, 0) is 18.2 Å². The summed E-state index contributed by atoms with van der Waals surface area (Å²) in [5, 5.41) is 13.0. The fraction of sp³-hybridized carbons (Fsp3) is 0.222. The number of nitrogens with zero attached hydrogens (tertiary/aromatic N) is 4. The van der Waals surface area contributed by atoms with Gasteiger partial charge in [0, 0.05) is 17.8 Å². The second-order valence-electron chi connectivity index (χ2n) is 5.95. The number of hydrogen-bond acceptors (Lipinski definition) is 7. The van der Waals surface area contributed by atoms with Crippen LogP contribution < -0.4 is 19.5 Å². The molecule has 0 spiro atoms. The molecule has 0 unspecified atom stereocenters. The maximum Gasteiger partial charge on any atom is 0.434 e. The number of carbonyl (C=O) groups is 1. The molecule has 2 aromatic heterocycles. The van der Waals surface area contributed by atoms with E-state index >= 15 is 0 Å². The van der Waals surface area contributed by atoms with Crippen molar-refractivity contribution in [2.45, 2.75) is 12.8 Å². The average molecular weight is 459 g/mol. The van der Waals surface area contributed by atoms with Crippen LogP contribution in [0, 0.1) is 0 Å². The summed E-state index contributed by atoms with van der Waals surface area (Å²) in [5.41, 5.74) is -2.36. The Balaban J connectivity index is 1.95. The van der Waals surface area contributed by atoms with Gasteiger partial charge >= 0.3 is 12.8 Å². The molecule has 0 saturated heterocycles. The molecule has 32 heavy (non-hydrogen) atoms. The molecule has 0 aliphatic heterocycles. The first-order valence-corrected chi connectivity index (χ1v) is 8.61. The van der Waals surface area contributed by atoms with E-state index in [4.69, 9.17) is 9.47 Å². The summed E-state index contributed by atoms with van der Waals surface area (Å²) >= 11 is 0. The summed E-state index contributed by atoms with van der Waals surface area (Å²) in [6.07, 6.45) is -4.29. The largest absolute Gasteiger partial charge is 0.493 e. The molecule has 2 heterocycles. The zero-order valence-electron chi connectivity index (χ0n) is 16.4. The van der Waals surface area contributed by atoms with Gasteiger partial charge in [0.25, 0.3) is 5.91 Å². The lowest BCUT2D eigenvalue weighted by Crippen LogP contribution is -2.21. The third-order valence-electron chi connectivity index (χ3n) is 3.97. The zero-order valence-corrected chi connectivity index (χ0v) is 16.4. The van der Waals surface area contributed by atoms with Gasteiger partial charge in [0.05, 0.1) is 26.0 Å². The van der Waals surface area contributed by atoms with Gasteiger partial charge in [0.2, 0.25) is 5.88 Å². The Labute approximate surface area is 176 Å². The Morgan fingerprint density at radius 1 is 1.06 bits per heavy atom. The van der Waals surface area contributed by atoms with Crippen molar-refractivity contribution < 1.29 is 41.0 Å². The lowest BCUT2D eigenvalue weighted by atomic mass is 10.2. The van der Waals surface area contributed by atoms with Crippen molar-refractivity contribution in [2.24, 2.45) is 0 Å². The van der Waals surface area contributed by atoms with Crippen LogP contribution in [0.25, 0.3) is 5.82 Å².